The maximum Gasteiger partial charge on any atom is 0.338 e. The molecule has 0 amide bonds. The summed E-state index contributed by atoms with van der Waals surface area (Å²) < 4.78 is 5.34. The summed E-state index contributed by atoms with van der Waals surface area (Å²) in [5.74, 6) is -0.189. The smallest absolute Gasteiger partial charge is 0.338 e. The number of likely N-dealkylation sites (N-methyl/N-ethyl adjacent to an activating group) is 1. The van der Waals surface area contributed by atoms with E-state index in [1.165, 1.54) is 4.90 Å². The summed E-state index contributed by atoms with van der Waals surface area (Å²) in [4.78, 5) is 25.6. The van der Waals surface area contributed by atoms with Crippen LogP contribution in [0.2, 0.25) is 0 Å². The normalized spacial score (nSPS) is 10.6. The van der Waals surface area contributed by atoms with Crippen LogP contribution in [0.25, 0.3) is 0 Å². The second kappa shape index (κ2) is 11.1. The van der Waals surface area contributed by atoms with E-state index in [9.17, 15) is 9.59 Å². The summed E-state index contributed by atoms with van der Waals surface area (Å²) in [6.45, 7) is 8.11. The van der Waals surface area contributed by atoms with Crippen LogP contribution in [0, 0.1) is 0 Å². The van der Waals surface area contributed by atoms with E-state index in [-0.39, 0.29) is 11.8 Å². The van der Waals surface area contributed by atoms with Crippen molar-refractivity contribution in [1.82, 2.24) is 0 Å². The predicted molar refractivity (Wildman–Crippen MR) is 108 cm³/mol. The van der Waals surface area contributed by atoms with Crippen molar-refractivity contribution in [3.05, 3.63) is 65.7 Å². The molecule has 2 aromatic rings. The maximum absolute atomic E-state index is 12.1. The second-order valence-electron chi connectivity index (χ2n) is 6.39. The predicted octanol–water partition coefficient (Wildman–Crippen LogP) is 2.45. The quantitative estimate of drug-likeness (QED) is 0.472. The Morgan fingerprint density at radius 3 is 2.22 bits per heavy atom. The van der Waals surface area contributed by atoms with Crippen LogP contribution >= 0.6 is 0 Å². The Balaban J connectivity index is 1.74. The number of esters is 1. The molecule has 0 saturated heterocycles. The Bertz CT molecular complexity index is 710. The molecule has 0 atom stereocenters. The van der Waals surface area contributed by atoms with Gasteiger partial charge in [-0.25, -0.2) is 4.79 Å². The molecule has 0 radical (unpaired) electrons. The van der Waals surface area contributed by atoms with Crippen LogP contribution < -0.4 is 10.2 Å². The number of ketones is 1. The highest BCUT2D eigenvalue weighted by Crippen LogP contribution is 2.11. The van der Waals surface area contributed by atoms with Gasteiger partial charge < -0.3 is 15.0 Å². The summed E-state index contributed by atoms with van der Waals surface area (Å²) in [5, 5.41) is 3.21. The number of nitrogens with one attached hydrogen (secondary N) is 2. The Labute approximate surface area is 161 Å². The highest BCUT2D eigenvalue weighted by atomic mass is 16.5. The molecule has 0 fully saturated rings. The van der Waals surface area contributed by atoms with Crippen LogP contribution in [-0.2, 0) is 4.74 Å². The monoisotopic (exact) mass is 369 g/mol. The minimum absolute atomic E-state index is 0.110. The number of rotatable bonds is 11. The van der Waals surface area contributed by atoms with Crippen LogP contribution in [0.4, 0.5) is 5.69 Å². The molecule has 0 saturated carbocycles. The molecule has 0 aliphatic heterocycles. The third kappa shape index (κ3) is 6.87. The molecule has 2 N–H and O–H groups in total. The van der Waals surface area contributed by atoms with E-state index in [1.807, 2.05) is 42.5 Å². The maximum atomic E-state index is 12.1. The fourth-order valence-electron chi connectivity index (χ4n) is 2.79. The molecule has 27 heavy (non-hydrogen) atoms. The summed E-state index contributed by atoms with van der Waals surface area (Å²) >= 11 is 0. The molecule has 0 aromatic heterocycles. The molecule has 2 rings (SSSR count). The van der Waals surface area contributed by atoms with E-state index < -0.39 is 0 Å². The first kappa shape index (κ1) is 20.6. The van der Waals surface area contributed by atoms with Crippen molar-refractivity contribution in [1.29, 1.82) is 0 Å². The third-order valence-electron chi connectivity index (χ3n) is 4.59. The van der Waals surface area contributed by atoms with Gasteiger partial charge in [-0.15, -0.1) is 0 Å². The van der Waals surface area contributed by atoms with E-state index in [0.29, 0.717) is 25.1 Å². The van der Waals surface area contributed by atoms with Gasteiger partial charge in [0.1, 0.15) is 13.2 Å². The van der Waals surface area contributed by atoms with Gasteiger partial charge in [-0.3, -0.25) is 4.79 Å². The van der Waals surface area contributed by atoms with E-state index in [0.717, 1.165) is 30.9 Å². The largest absolute Gasteiger partial charge is 0.456 e. The van der Waals surface area contributed by atoms with Crippen LogP contribution in [0.15, 0.2) is 54.6 Å². The lowest BCUT2D eigenvalue weighted by Gasteiger charge is -2.15. The Morgan fingerprint density at radius 2 is 1.59 bits per heavy atom. The molecule has 0 aliphatic rings. The Morgan fingerprint density at radius 1 is 0.926 bits per heavy atom. The first-order chi connectivity index (χ1) is 13.1. The lowest BCUT2D eigenvalue weighted by Crippen LogP contribution is -3.11. The number of hydrogen-bond acceptors (Lipinski definition) is 4. The molecule has 0 spiro atoms. The van der Waals surface area contributed by atoms with Crippen molar-refractivity contribution in [3.8, 4) is 0 Å². The molecule has 5 nitrogen and oxygen atoms in total. The van der Waals surface area contributed by atoms with Crippen LogP contribution in [-0.4, -0.2) is 44.5 Å². The topological polar surface area (TPSA) is 59.8 Å². The summed E-state index contributed by atoms with van der Waals surface area (Å²) in [7, 11) is 0. The Hall–Kier alpha value is -2.66. The van der Waals surface area contributed by atoms with Gasteiger partial charge in [0.05, 0.1) is 18.7 Å². The summed E-state index contributed by atoms with van der Waals surface area (Å²) in [6, 6.07) is 16.4. The van der Waals surface area contributed by atoms with Gasteiger partial charge in [-0.05, 0) is 38.1 Å². The number of ether oxygens (including phenoxy) is 1. The molecule has 0 aliphatic carbocycles. The first-order valence-corrected chi connectivity index (χ1v) is 9.57. The average molecular weight is 369 g/mol. The fourth-order valence-corrected chi connectivity index (χ4v) is 2.79. The van der Waals surface area contributed by atoms with Crippen LogP contribution in [0.1, 0.15) is 41.0 Å². The number of carbonyl (C=O) groups excluding carboxylic acids is 2. The Kier molecular flexibility index (Phi) is 8.52. The van der Waals surface area contributed by atoms with Gasteiger partial charge in [-0.2, -0.15) is 0 Å². The second-order valence-corrected chi connectivity index (χ2v) is 6.39. The van der Waals surface area contributed by atoms with Crippen molar-refractivity contribution in [2.75, 3.05) is 38.1 Å². The van der Waals surface area contributed by atoms with Gasteiger partial charge >= 0.3 is 5.97 Å². The first-order valence-electron chi connectivity index (χ1n) is 9.57. The SMILES string of the molecule is CC[NH+](CC)CCOC(=O)c1ccc(NCCC(=O)c2ccccc2)cc1. The minimum Gasteiger partial charge on any atom is -0.456 e. The highest BCUT2D eigenvalue weighted by molar-refractivity contribution is 5.96. The average Bonchev–Trinajstić information content (AvgIpc) is 2.72. The van der Waals surface area contributed by atoms with Gasteiger partial charge in [-0.1, -0.05) is 30.3 Å². The minimum atomic E-state index is -0.299. The lowest BCUT2D eigenvalue weighted by molar-refractivity contribution is -0.896. The van der Waals surface area contributed by atoms with Crippen molar-refractivity contribution < 1.29 is 19.2 Å². The van der Waals surface area contributed by atoms with Gasteiger partial charge in [0.2, 0.25) is 0 Å². The van der Waals surface area contributed by atoms with Gasteiger partial charge in [0.15, 0.2) is 5.78 Å². The zero-order valence-electron chi connectivity index (χ0n) is 16.2. The number of Topliss-reactive ketones (excluding diaryl/α,β-unsaturated/α-hetero) is 1. The highest BCUT2D eigenvalue weighted by Gasteiger charge is 2.09. The van der Waals surface area contributed by atoms with Crippen LogP contribution in [0.5, 0.6) is 0 Å². The fraction of sp³-hybridized carbons (Fsp3) is 0.364. The standard InChI is InChI=1S/C22H28N2O3/c1-3-24(4-2)16-17-27-22(26)19-10-12-20(13-11-19)23-15-14-21(25)18-8-6-5-7-9-18/h5-13,23H,3-4,14-17H2,1-2H3/p+1. The van der Waals surface area contributed by atoms with E-state index in [1.54, 1.807) is 12.1 Å². The molecular weight excluding hydrogens is 340 g/mol. The summed E-state index contributed by atoms with van der Waals surface area (Å²) in [5.41, 5.74) is 2.14. The zero-order chi connectivity index (χ0) is 19.5. The molecule has 0 heterocycles. The van der Waals surface area contributed by atoms with Gasteiger partial charge in [0.25, 0.3) is 0 Å². The van der Waals surface area contributed by atoms with E-state index >= 15 is 0 Å². The van der Waals surface area contributed by atoms with E-state index in [2.05, 4.69) is 19.2 Å². The number of carbonyl (C=O) groups is 2. The van der Waals surface area contributed by atoms with E-state index in [4.69, 9.17) is 4.74 Å². The molecule has 0 bridgehead atoms. The molecule has 2 aromatic carbocycles. The van der Waals surface area contributed by atoms with Gasteiger partial charge in [0, 0.05) is 24.2 Å². The van der Waals surface area contributed by atoms with Crippen molar-refractivity contribution in [2.45, 2.75) is 20.3 Å². The lowest BCUT2D eigenvalue weighted by atomic mass is 10.1. The summed E-state index contributed by atoms with van der Waals surface area (Å²) in [6.07, 6.45) is 0.418. The van der Waals surface area contributed by atoms with Crippen LogP contribution in [0.3, 0.4) is 0 Å². The third-order valence-corrected chi connectivity index (χ3v) is 4.59. The zero-order valence-corrected chi connectivity index (χ0v) is 16.2. The number of hydrogen-bond donors (Lipinski definition) is 2. The molecule has 0 unspecified atom stereocenters. The number of anilines is 1. The van der Waals surface area contributed by atoms with Crippen molar-refractivity contribution in [2.24, 2.45) is 0 Å². The van der Waals surface area contributed by atoms with Crippen molar-refractivity contribution in [3.63, 3.8) is 0 Å². The molecule has 144 valence electrons. The molecule has 5 heteroatoms. The van der Waals surface area contributed by atoms with Crippen molar-refractivity contribution >= 4 is 17.4 Å². The molecular formula is C22H29N2O3+. The number of quaternary nitrogens is 1. The number of benzene rings is 2.